The van der Waals surface area contributed by atoms with Crippen LogP contribution in [0, 0.1) is 0 Å². The maximum Gasteiger partial charge on any atom is 0.326 e. The van der Waals surface area contributed by atoms with Crippen LogP contribution in [0.1, 0.15) is 23.9 Å². The summed E-state index contributed by atoms with van der Waals surface area (Å²) < 4.78 is 5.32. The first kappa shape index (κ1) is 13.8. The van der Waals surface area contributed by atoms with E-state index in [1.165, 1.54) is 0 Å². The molecular weight excluding hydrogens is 262 g/mol. The average Bonchev–Trinajstić information content (AvgIpc) is 2.44. The molecule has 0 aliphatic heterocycles. The molecule has 6 nitrogen and oxygen atoms in total. The number of hydrogen-bond donors (Lipinski definition) is 2. The van der Waals surface area contributed by atoms with Gasteiger partial charge in [-0.2, -0.15) is 0 Å². The van der Waals surface area contributed by atoms with Gasteiger partial charge in [-0.25, -0.2) is 4.79 Å². The molecule has 2 aromatic rings. The van der Waals surface area contributed by atoms with E-state index in [-0.39, 0.29) is 23.2 Å². The smallest absolute Gasteiger partial charge is 0.326 e. The Balaban J connectivity index is 2.36. The van der Waals surface area contributed by atoms with E-state index in [1.807, 2.05) is 0 Å². The normalized spacial score (nSPS) is 12.1. The Morgan fingerprint density at radius 3 is 2.70 bits per heavy atom. The lowest BCUT2D eigenvalue weighted by Crippen LogP contribution is -2.40. The Hall–Kier alpha value is -2.63. The Labute approximate surface area is 114 Å². The van der Waals surface area contributed by atoms with Crippen LogP contribution in [0.15, 0.2) is 39.5 Å². The van der Waals surface area contributed by atoms with E-state index in [1.54, 1.807) is 31.2 Å². The van der Waals surface area contributed by atoms with E-state index in [0.717, 1.165) is 6.07 Å². The molecule has 1 aromatic heterocycles. The maximum absolute atomic E-state index is 11.9. The predicted octanol–water partition coefficient (Wildman–Crippen LogP) is 1.39. The summed E-state index contributed by atoms with van der Waals surface area (Å²) >= 11 is 0. The molecule has 1 unspecified atom stereocenters. The molecular formula is C14H13NO5. The number of carboxylic acid groups (broad SMARTS) is 1. The molecule has 0 bridgehead atoms. The molecule has 0 spiro atoms. The number of carboxylic acids is 1. The largest absolute Gasteiger partial charge is 0.480 e. The van der Waals surface area contributed by atoms with E-state index >= 15 is 0 Å². The van der Waals surface area contributed by atoms with Crippen LogP contribution in [-0.4, -0.2) is 23.0 Å². The summed E-state index contributed by atoms with van der Waals surface area (Å²) in [4.78, 5) is 34.6. The monoisotopic (exact) mass is 275 g/mol. The first-order valence-corrected chi connectivity index (χ1v) is 6.09. The van der Waals surface area contributed by atoms with Crippen molar-refractivity contribution in [3.8, 4) is 0 Å². The lowest BCUT2D eigenvalue weighted by Gasteiger charge is -2.11. The number of nitrogens with one attached hydrogen (secondary N) is 1. The molecule has 0 fully saturated rings. The molecule has 1 heterocycles. The minimum absolute atomic E-state index is 0.201. The van der Waals surface area contributed by atoms with Gasteiger partial charge in [-0.05, 0) is 18.6 Å². The third-order valence-corrected chi connectivity index (χ3v) is 2.87. The quantitative estimate of drug-likeness (QED) is 0.878. The summed E-state index contributed by atoms with van der Waals surface area (Å²) in [6, 6.07) is 6.58. The van der Waals surface area contributed by atoms with Gasteiger partial charge in [0.2, 0.25) is 0 Å². The lowest BCUT2D eigenvalue weighted by molar-refractivity contribution is -0.139. The number of aliphatic carboxylic acids is 1. The number of hydrogen-bond acceptors (Lipinski definition) is 4. The SMILES string of the molecule is CCC(NC(=O)c1cc(=O)c2ccccc2o1)C(=O)O. The first-order chi connectivity index (χ1) is 9.52. The second-order valence-electron chi connectivity index (χ2n) is 4.24. The molecule has 1 aromatic carbocycles. The van der Waals surface area contributed by atoms with Crippen molar-refractivity contribution in [2.75, 3.05) is 0 Å². The number of carbonyl (C=O) groups excluding carboxylic acids is 1. The maximum atomic E-state index is 11.9. The van der Waals surface area contributed by atoms with Crippen LogP contribution in [0.25, 0.3) is 11.0 Å². The highest BCUT2D eigenvalue weighted by Crippen LogP contribution is 2.11. The standard InChI is InChI=1S/C14H13NO5/c1-2-9(14(18)19)15-13(17)12-7-10(16)8-5-3-4-6-11(8)20-12/h3-7,9H,2H2,1H3,(H,15,17)(H,18,19). The Morgan fingerprint density at radius 2 is 2.05 bits per heavy atom. The van der Waals surface area contributed by atoms with Crippen molar-refractivity contribution in [3.63, 3.8) is 0 Å². The molecule has 20 heavy (non-hydrogen) atoms. The van der Waals surface area contributed by atoms with Gasteiger partial charge >= 0.3 is 5.97 Å². The van der Waals surface area contributed by atoms with Crippen LogP contribution >= 0.6 is 0 Å². The second kappa shape index (κ2) is 5.56. The summed E-state index contributed by atoms with van der Waals surface area (Å²) in [5.41, 5.74) is -0.0612. The molecule has 1 atom stereocenters. The molecule has 104 valence electrons. The van der Waals surface area contributed by atoms with E-state index in [2.05, 4.69) is 5.32 Å². The van der Waals surface area contributed by atoms with E-state index in [9.17, 15) is 14.4 Å². The second-order valence-corrected chi connectivity index (χ2v) is 4.24. The van der Waals surface area contributed by atoms with Crippen molar-refractivity contribution >= 4 is 22.8 Å². The van der Waals surface area contributed by atoms with Crippen LogP contribution < -0.4 is 10.7 Å². The van der Waals surface area contributed by atoms with E-state index in [4.69, 9.17) is 9.52 Å². The Bertz CT molecular complexity index is 719. The van der Waals surface area contributed by atoms with Gasteiger partial charge in [0, 0.05) is 6.07 Å². The fourth-order valence-corrected chi connectivity index (χ4v) is 1.78. The number of para-hydroxylation sites is 1. The van der Waals surface area contributed by atoms with Gasteiger partial charge in [0.25, 0.3) is 5.91 Å². The first-order valence-electron chi connectivity index (χ1n) is 6.09. The highest BCUT2D eigenvalue weighted by molar-refractivity contribution is 5.95. The zero-order valence-corrected chi connectivity index (χ0v) is 10.8. The molecule has 0 aliphatic rings. The van der Waals surface area contributed by atoms with Crippen LogP contribution in [0.4, 0.5) is 0 Å². The minimum Gasteiger partial charge on any atom is -0.480 e. The minimum atomic E-state index is -1.14. The molecule has 2 rings (SSSR count). The summed E-state index contributed by atoms with van der Waals surface area (Å²) in [6.45, 7) is 1.63. The zero-order chi connectivity index (χ0) is 14.7. The van der Waals surface area contributed by atoms with Crippen molar-refractivity contribution in [2.24, 2.45) is 0 Å². The van der Waals surface area contributed by atoms with Gasteiger partial charge in [0.1, 0.15) is 11.6 Å². The van der Waals surface area contributed by atoms with Gasteiger partial charge in [-0.1, -0.05) is 19.1 Å². The molecule has 2 N–H and O–H groups in total. The molecule has 0 radical (unpaired) electrons. The van der Waals surface area contributed by atoms with Gasteiger partial charge in [0.15, 0.2) is 11.2 Å². The highest BCUT2D eigenvalue weighted by Gasteiger charge is 2.20. The van der Waals surface area contributed by atoms with Crippen molar-refractivity contribution in [1.82, 2.24) is 5.32 Å². The zero-order valence-electron chi connectivity index (χ0n) is 10.8. The molecule has 6 heteroatoms. The van der Waals surface area contributed by atoms with Crippen LogP contribution in [0.5, 0.6) is 0 Å². The number of amides is 1. The van der Waals surface area contributed by atoms with Gasteiger partial charge in [-0.15, -0.1) is 0 Å². The van der Waals surface area contributed by atoms with Crippen LogP contribution in [0.2, 0.25) is 0 Å². The van der Waals surface area contributed by atoms with Crippen molar-refractivity contribution in [1.29, 1.82) is 0 Å². The van der Waals surface area contributed by atoms with Gasteiger partial charge in [-0.3, -0.25) is 9.59 Å². The Kier molecular flexibility index (Phi) is 3.84. The summed E-state index contributed by atoms with van der Waals surface area (Å²) in [5.74, 6) is -2.06. The fourth-order valence-electron chi connectivity index (χ4n) is 1.78. The lowest BCUT2D eigenvalue weighted by atomic mass is 10.2. The molecule has 1 amide bonds. The van der Waals surface area contributed by atoms with Crippen molar-refractivity contribution in [3.05, 3.63) is 46.3 Å². The number of rotatable bonds is 4. The third-order valence-electron chi connectivity index (χ3n) is 2.87. The highest BCUT2D eigenvalue weighted by atomic mass is 16.4. The Morgan fingerprint density at radius 1 is 1.35 bits per heavy atom. The topological polar surface area (TPSA) is 96.6 Å². The summed E-state index contributed by atoms with van der Waals surface area (Å²) in [5, 5.41) is 11.6. The van der Waals surface area contributed by atoms with Crippen molar-refractivity contribution < 1.29 is 19.1 Å². The molecule has 0 aliphatic carbocycles. The summed E-state index contributed by atoms with van der Waals surface area (Å²) in [7, 11) is 0. The predicted molar refractivity (Wildman–Crippen MR) is 71.7 cm³/mol. The number of fused-ring (bicyclic) bond motifs is 1. The van der Waals surface area contributed by atoms with Gasteiger partial charge in [0.05, 0.1) is 5.39 Å². The van der Waals surface area contributed by atoms with Gasteiger partial charge < -0.3 is 14.8 Å². The van der Waals surface area contributed by atoms with Crippen molar-refractivity contribution in [2.45, 2.75) is 19.4 Å². The fraction of sp³-hybridized carbons (Fsp3) is 0.214. The number of carbonyl (C=O) groups is 2. The van der Waals surface area contributed by atoms with Crippen LogP contribution in [-0.2, 0) is 4.79 Å². The third kappa shape index (κ3) is 2.69. The average molecular weight is 275 g/mol. The summed E-state index contributed by atoms with van der Waals surface area (Å²) in [6.07, 6.45) is 0.235. The molecule has 0 saturated carbocycles. The van der Waals surface area contributed by atoms with E-state index in [0.29, 0.717) is 5.39 Å². The number of benzene rings is 1. The van der Waals surface area contributed by atoms with E-state index < -0.39 is 17.9 Å². The molecule has 0 saturated heterocycles. The van der Waals surface area contributed by atoms with Crippen LogP contribution in [0.3, 0.4) is 0 Å².